The fourth-order valence-electron chi connectivity index (χ4n) is 1.02. The quantitative estimate of drug-likeness (QED) is 0.312. The van der Waals surface area contributed by atoms with E-state index in [1.54, 1.807) is 7.05 Å². The fraction of sp³-hybridized carbons (Fsp3) is 0.625. The van der Waals surface area contributed by atoms with Crippen LogP contribution in [0.3, 0.4) is 0 Å². The van der Waals surface area contributed by atoms with Gasteiger partial charge in [-0.15, -0.1) is 0 Å². The number of amidine groups is 2. The molecule has 0 aromatic carbocycles. The predicted octanol–water partition coefficient (Wildman–Crippen LogP) is 1.41. The number of hydrogen-bond donors (Lipinski definition) is 1. The first-order chi connectivity index (χ1) is 6.26. The van der Waals surface area contributed by atoms with Crippen LogP contribution in [-0.2, 0) is 0 Å². The Morgan fingerprint density at radius 3 is 3.15 bits per heavy atom. The standard InChI is InChI=1S/C8H13ClN4/c1-3-7-12-6(9)4-8(13-7)11-5-10-2/h5-6H,3-4H2,1-2H3,(H,10,11,12,13). The van der Waals surface area contributed by atoms with Gasteiger partial charge < -0.3 is 5.32 Å². The molecule has 0 aromatic heterocycles. The minimum atomic E-state index is -0.194. The van der Waals surface area contributed by atoms with Crippen LogP contribution in [0, 0.1) is 0 Å². The third-order valence-electron chi connectivity index (χ3n) is 1.61. The number of halogens is 1. The van der Waals surface area contributed by atoms with E-state index in [1.165, 1.54) is 6.34 Å². The molecule has 1 N–H and O–H groups in total. The lowest BCUT2D eigenvalue weighted by molar-refractivity contribution is 0.876. The zero-order valence-electron chi connectivity index (χ0n) is 7.79. The van der Waals surface area contributed by atoms with Gasteiger partial charge in [-0.25, -0.2) is 4.99 Å². The Hall–Kier alpha value is -0.900. The first kappa shape index (κ1) is 10.2. The summed E-state index contributed by atoms with van der Waals surface area (Å²) in [5.41, 5.74) is -0.194. The highest BCUT2D eigenvalue weighted by Gasteiger charge is 2.15. The Kier molecular flexibility index (Phi) is 3.89. The van der Waals surface area contributed by atoms with Crippen LogP contribution in [0.4, 0.5) is 0 Å². The van der Waals surface area contributed by atoms with Crippen molar-refractivity contribution >= 4 is 29.6 Å². The number of nitrogens with one attached hydrogen (secondary N) is 1. The maximum absolute atomic E-state index is 5.91. The van der Waals surface area contributed by atoms with Gasteiger partial charge in [0.1, 0.15) is 23.5 Å². The molecule has 0 saturated carbocycles. The molecule has 0 aliphatic carbocycles. The van der Waals surface area contributed by atoms with Crippen molar-refractivity contribution in [3.63, 3.8) is 0 Å². The molecule has 1 heterocycles. The van der Waals surface area contributed by atoms with Crippen LogP contribution >= 0.6 is 11.6 Å². The number of aliphatic imine (C=N–C) groups is 3. The van der Waals surface area contributed by atoms with E-state index in [0.717, 1.165) is 18.1 Å². The second-order valence-corrected chi connectivity index (χ2v) is 3.15. The van der Waals surface area contributed by atoms with Crippen LogP contribution in [0.25, 0.3) is 0 Å². The second kappa shape index (κ2) is 4.97. The van der Waals surface area contributed by atoms with Gasteiger partial charge in [-0.1, -0.05) is 18.5 Å². The summed E-state index contributed by atoms with van der Waals surface area (Å²) in [6.07, 6.45) is 2.98. The van der Waals surface area contributed by atoms with Crippen molar-refractivity contribution in [3.8, 4) is 0 Å². The van der Waals surface area contributed by atoms with Crippen LogP contribution in [-0.4, -0.2) is 30.6 Å². The molecule has 5 heteroatoms. The van der Waals surface area contributed by atoms with Gasteiger partial charge in [-0.05, 0) is 0 Å². The Morgan fingerprint density at radius 1 is 1.77 bits per heavy atom. The molecule has 1 aliphatic rings. The van der Waals surface area contributed by atoms with Crippen LogP contribution in [0.5, 0.6) is 0 Å². The van der Waals surface area contributed by atoms with Crippen LogP contribution < -0.4 is 5.32 Å². The predicted molar refractivity (Wildman–Crippen MR) is 57.0 cm³/mol. The van der Waals surface area contributed by atoms with Crippen molar-refractivity contribution in [2.75, 3.05) is 7.05 Å². The smallest absolute Gasteiger partial charge is 0.132 e. The van der Waals surface area contributed by atoms with Crippen LogP contribution in [0.2, 0.25) is 0 Å². The van der Waals surface area contributed by atoms with Gasteiger partial charge in [0.25, 0.3) is 0 Å². The van der Waals surface area contributed by atoms with Crippen molar-refractivity contribution in [2.24, 2.45) is 15.0 Å². The van der Waals surface area contributed by atoms with Crippen molar-refractivity contribution < 1.29 is 0 Å². The van der Waals surface area contributed by atoms with E-state index in [-0.39, 0.29) is 5.50 Å². The molecule has 13 heavy (non-hydrogen) atoms. The van der Waals surface area contributed by atoms with Crippen molar-refractivity contribution in [3.05, 3.63) is 0 Å². The molecule has 1 aliphatic heterocycles. The summed E-state index contributed by atoms with van der Waals surface area (Å²) in [6, 6.07) is 0. The van der Waals surface area contributed by atoms with Gasteiger partial charge in [0.2, 0.25) is 0 Å². The highest BCUT2D eigenvalue weighted by atomic mass is 35.5. The number of hydrogen-bond acceptors (Lipinski definition) is 2. The van der Waals surface area contributed by atoms with Crippen LogP contribution in [0.15, 0.2) is 15.0 Å². The summed E-state index contributed by atoms with van der Waals surface area (Å²) in [7, 11) is 1.68. The minimum absolute atomic E-state index is 0.194. The minimum Gasteiger partial charge on any atom is -0.332 e. The van der Waals surface area contributed by atoms with Gasteiger partial charge in [0.05, 0.1) is 0 Å². The summed E-state index contributed by atoms with van der Waals surface area (Å²) >= 11 is 5.91. The molecule has 1 atom stereocenters. The number of rotatable bonds is 2. The molecule has 0 radical (unpaired) electrons. The van der Waals surface area contributed by atoms with E-state index in [4.69, 9.17) is 11.6 Å². The SMILES string of the molecule is CCC1=NC(Cl)CC(=NC=NC)N1. The molecule has 0 amide bonds. The molecular formula is C8H13ClN4. The molecule has 0 saturated heterocycles. The Balaban J connectivity index is 2.69. The average molecular weight is 201 g/mol. The van der Waals surface area contributed by atoms with E-state index in [0.29, 0.717) is 6.42 Å². The summed E-state index contributed by atoms with van der Waals surface area (Å²) in [5, 5.41) is 3.09. The molecule has 0 bridgehead atoms. The third-order valence-corrected chi connectivity index (χ3v) is 1.86. The van der Waals surface area contributed by atoms with Crippen molar-refractivity contribution in [1.29, 1.82) is 0 Å². The monoisotopic (exact) mass is 200 g/mol. The lowest BCUT2D eigenvalue weighted by Crippen LogP contribution is -2.36. The maximum atomic E-state index is 5.91. The fourth-order valence-corrected chi connectivity index (χ4v) is 1.28. The average Bonchev–Trinajstić information content (AvgIpc) is 2.14. The largest absolute Gasteiger partial charge is 0.332 e. The molecule has 0 fully saturated rings. The summed E-state index contributed by atoms with van der Waals surface area (Å²) in [6.45, 7) is 2.02. The Morgan fingerprint density at radius 2 is 2.54 bits per heavy atom. The topological polar surface area (TPSA) is 49.1 Å². The molecule has 0 aromatic rings. The van der Waals surface area contributed by atoms with Crippen molar-refractivity contribution in [2.45, 2.75) is 25.3 Å². The number of alkyl halides is 1. The van der Waals surface area contributed by atoms with Crippen molar-refractivity contribution in [1.82, 2.24) is 5.32 Å². The van der Waals surface area contributed by atoms with E-state index in [9.17, 15) is 0 Å². The second-order valence-electron chi connectivity index (χ2n) is 2.64. The van der Waals surface area contributed by atoms with Gasteiger partial charge in [-0.3, -0.25) is 9.98 Å². The van der Waals surface area contributed by atoms with Gasteiger partial charge in [0, 0.05) is 19.9 Å². The molecule has 1 unspecified atom stereocenters. The summed E-state index contributed by atoms with van der Waals surface area (Å²) in [5.74, 6) is 1.71. The molecule has 4 nitrogen and oxygen atoms in total. The van der Waals surface area contributed by atoms with E-state index >= 15 is 0 Å². The summed E-state index contributed by atoms with van der Waals surface area (Å²) < 4.78 is 0. The molecule has 72 valence electrons. The molecule has 0 spiro atoms. The molecular weight excluding hydrogens is 188 g/mol. The normalized spacial score (nSPS) is 26.2. The van der Waals surface area contributed by atoms with Crippen LogP contribution in [0.1, 0.15) is 19.8 Å². The van der Waals surface area contributed by atoms with Gasteiger partial charge >= 0.3 is 0 Å². The first-order valence-corrected chi connectivity index (χ1v) is 4.65. The number of nitrogens with zero attached hydrogens (tertiary/aromatic N) is 3. The maximum Gasteiger partial charge on any atom is 0.132 e. The highest BCUT2D eigenvalue weighted by Crippen LogP contribution is 2.09. The van der Waals surface area contributed by atoms with Gasteiger partial charge in [0.15, 0.2) is 0 Å². The zero-order chi connectivity index (χ0) is 9.68. The Bertz CT molecular complexity index is 257. The summed E-state index contributed by atoms with van der Waals surface area (Å²) in [4.78, 5) is 12.1. The van der Waals surface area contributed by atoms with E-state index < -0.39 is 0 Å². The first-order valence-electron chi connectivity index (χ1n) is 4.21. The van der Waals surface area contributed by atoms with Gasteiger partial charge in [-0.2, -0.15) is 0 Å². The third kappa shape index (κ3) is 3.14. The zero-order valence-corrected chi connectivity index (χ0v) is 8.54. The van der Waals surface area contributed by atoms with E-state index in [1.807, 2.05) is 6.92 Å². The molecule has 1 rings (SSSR count). The Labute approximate surface area is 82.8 Å². The lowest BCUT2D eigenvalue weighted by Gasteiger charge is -2.18. The lowest BCUT2D eigenvalue weighted by atomic mass is 10.3. The van der Waals surface area contributed by atoms with E-state index in [2.05, 4.69) is 20.3 Å². The highest BCUT2D eigenvalue weighted by molar-refractivity contribution is 6.24.